The van der Waals surface area contributed by atoms with E-state index in [1.54, 1.807) is 18.2 Å². The molecule has 1 aliphatic heterocycles. The first-order valence-corrected chi connectivity index (χ1v) is 9.96. The quantitative estimate of drug-likeness (QED) is 0.587. The number of nitrogens with zero attached hydrogens (tertiary/aromatic N) is 2. The first kappa shape index (κ1) is 19.2. The number of thioether (sulfide) groups is 1. The minimum atomic E-state index is -0.226. The van der Waals surface area contributed by atoms with E-state index in [4.69, 9.17) is 0 Å². The average molecular weight is 386 g/mol. The van der Waals surface area contributed by atoms with E-state index < -0.39 is 0 Å². The van der Waals surface area contributed by atoms with Crippen LogP contribution in [-0.2, 0) is 22.4 Å². The lowest BCUT2D eigenvalue weighted by atomic mass is 10.1. The summed E-state index contributed by atoms with van der Waals surface area (Å²) in [7, 11) is 0. The fourth-order valence-corrected chi connectivity index (χ4v) is 3.82. The molecule has 142 valence electrons. The van der Waals surface area contributed by atoms with Gasteiger partial charge < -0.3 is 15.2 Å². The van der Waals surface area contributed by atoms with Gasteiger partial charge in [-0.2, -0.15) is 0 Å². The molecule has 0 spiro atoms. The van der Waals surface area contributed by atoms with Gasteiger partial charge in [-0.05, 0) is 25.0 Å². The van der Waals surface area contributed by atoms with Gasteiger partial charge >= 0.3 is 0 Å². The number of hydrogen-bond acceptors (Lipinski definition) is 5. The summed E-state index contributed by atoms with van der Waals surface area (Å²) in [6, 6.07) is 7.19. The Balaban J connectivity index is 1.77. The molecule has 2 aromatic rings. The zero-order valence-electron chi connectivity index (χ0n) is 15.4. The van der Waals surface area contributed by atoms with Gasteiger partial charge in [-0.15, -0.1) is 0 Å². The van der Waals surface area contributed by atoms with Gasteiger partial charge in [-0.25, -0.2) is 4.98 Å². The van der Waals surface area contributed by atoms with E-state index in [1.807, 2.05) is 19.9 Å². The summed E-state index contributed by atoms with van der Waals surface area (Å²) >= 11 is 1.18. The number of aromatic nitrogens is 2. The van der Waals surface area contributed by atoms with Crippen LogP contribution in [0.4, 0.5) is 11.4 Å². The number of para-hydroxylation sites is 2. The average Bonchev–Trinajstić information content (AvgIpc) is 2.65. The van der Waals surface area contributed by atoms with Gasteiger partial charge in [-0.3, -0.25) is 14.4 Å². The standard InChI is InChI=1S/C19H22N4O3S/c1-3-7-13-12(4-2)18(26)22-19(21-13)27-11-17(25)23-10-16(24)20-14-8-5-6-9-15(14)23/h5-6,8-9H,3-4,7,10-11H2,1-2H3,(H,20,24)(H,21,22,26). The van der Waals surface area contributed by atoms with Gasteiger partial charge in [0.15, 0.2) is 5.16 Å². The molecule has 0 bridgehead atoms. The highest BCUT2D eigenvalue weighted by Gasteiger charge is 2.26. The van der Waals surface area contributed by atoms with Crippen LogP contribution in [0, 0.1) is 0 Å². The van der Waals surface area contributed by atoms with Crippen LogP contribution in [0.25, 0.3) is 0 Å². The zero-order valence-corrected chi connectivity index (χ0v) is 16.2. The van der Waals surface area contributed by atoms with Crippen molar-refractivity contribution in [1.29, 1.82) is 0 Å². The molecule has 3 rings (SSSR count). The normalized spacial score (nSPS) is 13.3. The van der Waals surface area contributed by atoms with Gasteiger partial charge in [0.05, 0.1) is 22.8 Å². The van der Waals surface area contributed by atoms with Crippen LogP contribution in [0.3, 0.4) is 0 Å². The minimum absolute atomic E-state index is 0.0176. The third kappa shape index (κ3) is 4.21. The lowest BCUT2D eigenvalue weighted by Gasteiger charge is -2.29. The highest BCUT2D eigenvalue weighted by molar-refractivity contribution is 7.99. The van der Waals surface area contributed by atoms with E-state index in [0.29, 0.717) is 28.5 Å². The molecular weight excluding hydrogens is 364 g/mol. The number of fused-ring (bicyclic) bond motifs is 1. The SMILES string of the molecule is CCCc1nc(SCC(=O)N2CC(=O)Nc3ccccc32)[nH]c(=O)c1CC. The van der Waals surface area contributed by atoms with Crippen LogP contribution in [0.15, 0.2) is 34.2 Å². The summed E-state index contributed by atoms with van der Waals surface area (Å²) in [6.45, 7) is 3.95. The zero-order chi connectivity index (χ0) is 19.4. The van der Waals surface area contributed by atoms with E-state index >= 15 is 0 Å². The number of nitrogens with one attached hydrogen (secondary N) is 2. The van der Waals surface area contributed by atoms with Crippen LogP contribution < -0.4 is 15.8 Å². The Morgan fingerprint density at radius 2 is 2.04 bits per heavy atom. The van der Waals surface area contributed by atoms with Crippen molar-refractivity contribution < 1.29 is 9.59 Å². The van der Waals surface area contributed by atoms with Crippen molar-refractivity contribution in [2.24, 2.45) is 0 Å². The molecule has 2 N–H and O–H groups in total. The monoisotopic (exact) mass is 386 g/mol. The molecule has 0 unspecified atom stereocenters. The van der Waals surface area contributed by atoms with Gasteiger partial charge in [-0.1, -0.05) is 44.2 Å². The Labute approximate surface area is 161 Å². The summed E-state index contributed by atoms with van der Waals surface area (Å²) in [5.74, 6) is -0.348. The van der Waals surface area contributed by atoms with Crippen LogP contribution in [0.1, 0.15) is 31.5 Å². The number of aromatic amines is 1. The third-order valence-corrected chi connectivity index (χ3v) is 5.18. The second-order valence-corrected chi connectivity index (χ2v) is 7.20. The topological polar surface area (TPSA) is 95.2 Å². The highest BCUT2D eigenvalue weighted by Crippen LogP contribution is 2.29. The summed E-state index contributed by atoms with van der Waals surface area (Å²) < 4.78 is 0. The fraction of sp³-hybridized carbons (Fsp3) is 0.368. The first-order chi connectivity index (χ1) is 13.0. The second kappa shape index (κ2) is 8.39. The Hall–Kier alpha value is -2.61. The smallest absolute Gasteiger partial charge is 0.254 e. The lowest BCUT2D eigenvalue weighted by molar-refractivity contribution is -0.120. The number of aryl methyl sites for hydroxylation is 1. The van der Waals surface area contributed by atoms with Gasteiger partial charge in [0, 0.05) is 5.56 Å². The van der Waals surface area contributed by atoms with E-state index in [-0.39, 0.29) is 29.7 Å². The van der Waals surface area contributed by atoms with Crippen molar-refractivity contribution in [3.8, 4) is 0 Å². The van der Waals surface area contributed by atoms with Crippen molar-refractivity contribution in [3.05, 3.63) is 45.9 Å². The number of hydrogen-bond donors (Lipinski definition) is 2. The molecule has 0 saturated heterocycles. The van der Waals surface area contributed by atoms with Crippen molar-refractivity contribution in [2.45, 2.75) is 38.3 Å². The predicted octanol–water partition coefficient (Wildman–Crippen LogP) is 2.36. The molecule has 8 heteroatoms. The Kier molecular flexibility index (Phi) is 5.95. The van der Waals surface area contributed by atoms with E-state index in [9.17, 15) is 14.4 Å². The van der Waals surface area contributed by atoms with Crippen LogP contribution in [-0.4, -0.2) is 34.1 Å². The van der Waals surface area contributed by atoms with Gasteiger partial charge in [0.25, 0.3) is 5.56 Å². The molecule has 1 aromatic carbocycles. The summed E-state index contributed by atoms with van der Waals surface area (Å²) in [5, 5.41) is 3.19. The van der Waals surface area contributed by atoms with Crippen LogP contribution >= 0.6 is 11.8 Å². The largest absolute Gasteiger partial charge is 0.323 e. The maximum atomic E-state index is 12.7. The minimum Gasteiger partial charge on any atom is -0.323 e. The molecule has 2 amide bonds. The Morgan fingerprint density at radius 3 is 2.78 bits per heavy atom. The molecule has 2 heterocycles. The predicted molar refractivity (Wildman–Crippen MR) is 106 cm³/mol. The molecule has 0 radical (unpaired) electrons. The number of amides is 2. The molecular formula is C19H22N4O3S. The highest BCUT2D eigenvalue weighted by atomic mass is 32.2. The molecule has 1 aliphatic rings. The number of anilines is 2. The van der Waals surface area contributed by atoms with Crippen molar-refractivity contribution in [3.63, 3.8) is 0 Å². The summed E-state index contributed by atoms with van der Waals surface area (Å²) in [5.41, 5.74) is 2.65. The Morgan fingerprint density at radius 1 is 1.26 bits per heavy atom. The molecule has 7 nitrogen and oxygen atoms in total. The summed E-state index contributed by atoms with van der Waals surface area (Å²) in [4.78, 5) is 45.6. The number of H-pyrrole nitrogens is 1. The van der Waals surface area contributed by atoms with Crippen LogP contribution in [0.2, 0.25) is 0 Å². The maximum Gasteiger partial charge on any atom is 0.254 e. The molecule has 0 atom stereocenters. The van der Waals surface area contributed by atoms with Crippen molar-refractivity contribution in [2.75, 3.05) is 22.5 Å². The number of rotatable bonds is 6. The molecule has 0 aliphatic carbocycles. The molecule has 0 saturated carbocycles. The van der Waals surface area contributed by atoms with Crippen molar-refractivity contribution >= 4 is 35.0 Å². The van der Waals surface area contributed by atoms with Crippen LogP contribution in [0.5, 0.6) is 0 Å². The van der Waals surface area contributed by atoms with Crippen molar-refractivity contribution in [1.82, 2.24) is 9.97 Å². The lowest BCUT2D eigenvalue weighted by Crippen LogP contribution is -2.43. The molecule has 27 heavy (non-hydrogen) atoms. The third-order valence-electron chi connectivity index (χ3n) is 4.32. The maximum absolute atomic E-state index is 12.7. The van der Waals surface area contributed by atoms with E-state index in [2.05, 4.69) is 15.3 Å². The van der Waals surface area contributed by atoms with E-state index in [1.165, 1.54) is 16.7 Å². The number of carbonyl (C=O) groups excluding carboxylic acids is 2. The fourth-order valence-electron chi connectivity index (χ4n) is 3.06. The Bertz CT molecular complexity index is 925. The number of carbonyl (C=O) groups is 2. The van der Waals surface area contributed by atoms with E-state index in [0.717, 1.165) is 18.5 Å². The number of benzene rings is 1. The molecule has 0 fully saturated rings. The second-order valence-electron chi connectivity index (χ2n) is 6.23. The van der Waals surface area contributed by atoms with Gasteiger partial charge in [0.2, 0.25) is 11.8 Å². The first-order valence-electron chi connectivity index (χ1n) is 8.97. The summed E-state index contributed by atoms with van der Waals surface area (Å²) in [6.07, 6.45) is 2.25. The molecule has 1 aromatic heterocycles. The van der Waals surface area contributed by atoms with Gasteiger partial charge in [0.1, 0.15) is 6.54 Å².